The second kappa shape index (κ2) is 12.1. The predicted molar refractivity (Wildman–Crippen MR) is 153 cm³/mol. The molecule has 0 amide bonds. The van der Waals surface area contributed by atoms with E-state index in [9.17, 15) is 9.90 Å². The number of fused-ring (bicyclic) bond motifs is 1. The van der Waals surface area contributed by atoms with Crippen molar-refractivity contribution in [2.75, 3.05) is 32.2 Å². The highest BCUT2D eigenvalue weighted by Crippen LogP contribution is 2.35. The lowest BCUT2D eigenvalue weighted by Crippen LogP contribution is -2.50. The number of ether oxygens (including phenoxy) is 3. The van der Waals surface area contributed by atoms with Gasteiger partial charge in [-0.25, -0.2) is 9.78 Å². The Morgan fingerprint density at radius 1 is 1.25 bits per heavy atom. The topological polar surface area (TPSA) is 117 Å². The average molecular weight is 563 g/mol. The van der Waals surface area contributed by atoms with E-state index >= 15 is 0 Å². The molecule has 3 aromatic rings. The number of para-hydroxylation sites is 1. The van der Waals surface area contributed by atoms with Crippen LogP contribution in [0, 0.1) is 12.3 Å². The van der Waals surface area contributed by atoms with Crippen LogP contribution in [0.25, 0.3) is 11.3 Å². The molecule has 3 N–H and O–H groups in total. The van der Waals surface area contributed by atoms with E-state index in [2.05, 4.69) is 21.3 Å². The van der Waals surface area contributed by atoms with Gasteiger partial charge in [0.1, 0.15) is 23.7 Å². The SMILES string of the molecule is CO/C(Nc1cccc(-c2cccc(C)c2OCc2ccc3c(c2Cl)CCN(C2COC2)C3)n1)=C(/C=N)C(=O)O. The molecule has 1 saturated heterocycles. The van der Waals surface area contributed by atoms with Gasteiger partial charge in [0.25, 0.3) is 0 Å². The molecule has 0 aliphatic carbocycles. The van der Waals surface area contributed by atoms with Crippen molar-refractivity contribution >= 4 is 29.6 Å². The number of rotatable bonds is 10. The van der Waals surface area contributed by atoms with Crippen LogP contribution in [0.2, 0.25) is 5.02 Å². The lowest BCUT2D eigenvalue weighted by Gasteiger charge is -2.40. The Morgan fingerprint density at radius 3 is 2.75 bits per heavy atom. The van der Waals surface area contributed by atoms with E-state index in [0.29, 0.717) is 29.9 Å². The summed E-state index contributed by atoms with van der Waals surface area (Å²) >= 11 is 6.89. The summed E-state index contributed by atoms with van der Waals surface area (Å²) in [6, 6.07) is 15.9. The molecule has 1 aromatic heterocycles. The fraction of sp³-hybridized carbons (Fsp3) is 0.300. The second-order valence-corrected chi connectivity index (χ2v) is 10.1. The zero-order valence-corrected chi connectivity index (χ0v) is 23.1. The van der Waals surface area contributed by atoms with E-state index in [1.54, 1.807) is 12.1 Å². The summed E-state index contributed by atoms with van der Waals surface area (Å²) in [4.78, 5) is 18.6. The predicted octanol–water partition coefficient (Wildman–Crippen LogP) is 5.05. The van der Waals surface area contributed by atoms with Crippen molar-refractivity contribution in [3.05, 3.63) is 87.3 Å². The highest BCUT2D eigenvalue weighted by Gasteiger charge is 2.30. The molecule has 2 aromatic carbocycles. The highest BCUT2D eigenvalue weighted by molar-refractivity contribution is 6.32. The summed E-state index contributed by atoms with van der Waals surface area (Å²) in [7, 11) is 1.33. The zero-order chi connectivity index (χ0) is 28.2. The van der Waals surface area contributed by atoms with Crippen molar-refractivity contribution in [1.29, 1.82) is 5.41 Å². The first-order chi connectivity index (χ1) is 19.4. The summed E-state index contributed by atoms with van der Waals surface area (Å²) in [5.74, 6) is -0.317. The van der Waals surface area contributed by atoms with Gasteiger partial charge in [-0.15, -0.1) is 0 Å². The van der Waals surface area contributed by atoms with Gasteiger partial charge in [-0.1, -0.05) is 41.9 Å². The monoisotopic (exact) mass is 562 g/mol. The quantitative estimate of drug-likeness (QED) is 0.178. The number of pyridine rings is 1. The first kappa shape index (κ1) is 27.6. The van der Waals surface area contributed by atoms with Gasteiger partial charge in [-0.05, 0) is 48.2 Å². The Kier molecular flexibility index (Phi) is 8.35. The fourth-order valence-electron chi connectivity index (χ4n) is 4.96. The van der Waals surface area contributed by atoms with E-state index in [0.717, 1.165) is 60.7 Å². The maximum atomic E-state index is 11.5. The van der Waals surface area contributed by atoms with Crippen molar-refractivity contribution < 1.29 is 24.1 Å². The van der Waals surface area contributed by atoms with Gasteiger partial charge in [0, 0.05) is 30.4 Å². The molecule has 0 radical (unpaired) electrons. The summed E-state index contributed by atoms with van der Waals surface area (Å²) in [6.45, 7) is 5.74. The van der Waals surface area contributed by atoms with Crippen LogP contribution in [0.15, 0.2) is 60.0 Å². The minimum Gasteiger partial charge on any atom is -0.488 e. The smallest absolute Gasteiger partial charge is 0.342 e. The third-order valence-corrected chi connectivity index (χ3v) is 7.72. The zero-order valence-electron chi connectivity index (χ0n) is 22.4. The van der Waals surface area contributed by atoms with Crippen molar-refractivity contribution in [3.8, 4) is 17.0 Å². The Balaban J connectivity index is 1.37. The van der Waals surface area contributed by atoms with E-state index < -0.39 is 5.97 Å². The highest BCUT2D eigenvalue weighted by atomic mass is 35.5. The van der Waals surface area contributed by atoms with E-state index in [-0.39, 0.29) is 11.5 Å². The number of hydrogen-bond donors (Lipinski definition) is 3. The Bertz CT molecular complexity index is 1470. The number of aromatic nitrogens is 1. The minimum atomic E-state index is -1.28. The van der Waals surface area contributed by atoms with Crippen LogP contribution >= 0.6 is 11.6 Å². The molecule has 0 unspecified atom stereocenters. The number of carbonyl (C=O) groups is 1. The number of benzene rings is 2. The Morgan fingerprint density at radius 2 is 2.05 bits per heavy atom. The second-order valence-electron chi connectivity index (χ2n) is 9.76. The molecule has 0 atom stereocenters. The average Bonchev–Trinajstić information content (AvgIpc) is 2.92. The number of nitrogens with one attached hydrogen (secondary N) is 2. The maximum absolute atomic E-state index is 11.5. The number of carboxylic acid groups (broad SMARTS) is 1. The van der Waals surface area contributed by atoms with Crippen molar-refractivity contribution in [2.45, 2.75) is 32.5 Å². The number of hydrogen-bond acceptors (Lipinski definition) is 8. The molecule has 0 bridgehead atoms. The minimum absolute atomic E-state index is 0.0842. The molecular weight excluding hydrogens is 532 g/mol. The lowest BCUT2D eigenvalue weighted by atomic mass is 9.96. The number of anilines is 1. The summed E-state index contributed by atoms with van der Waals surface area (Å²) in [5, 5.41) is 20.4. The molecule has 5 rings (SSSR count). The van der Waals surface area contributed by atoms with Gasteiger partial charge in [0.2, 0.25) is 5.88 Å². The number of halogens is 1. The number of carboxylic acids is 1. The number of aliphatic carboxylic acids is 1. The summed E-state index contributed by atoms with van der Waals surface area (Å²) in [5.41, 5.74) is 5.42. The largest absolute Gasteiger partial charge is 0.488 e. The van der Waals surface area contributed by atoms with Gasteiger partial charge in [-0.2, -0.15) is 0 Å². The standard InChI is InChI=1S/C30H31ClN4O5/c1-18-5-3-6-23(25-7-4-8-26(33-25)34-29(38-2)24(13-32)30(36)37)28(18)40-15-20-10-9-19-14-35(21-16-39-17-21)12-11-22(19)27(20)31/h3-10,13,21,32H,11-12,14-17H2,1-2H3,(H,33,34)(H,36,37)/b29-24-,32-13?. The molecule has 0 spiro atoms. The van der Waals surface area contributed by atoms with E-state index in [1.165, 1.54) is 18.2 Å². The van der Waals surface area contributed by atoms with Crippen LogP contribution in [0.5, 0.6) is 5.75 Å². The van der Waals surface area contributed by atoms with Crippen LogP contribution in [-0.4, -0.2) is 60.1 Å². The molecule has 3 heterocycles. The molecule has 1 fully saturated rings. The number of aryl methyl sites for hydroxylation is 1. The van der Waals surface area contributed by atoms with E-state index in [4.69, 9.17) is 31.2 Å². The third kappa shape index (κ3) is 5.67. The Labute approximate surface area is 237 Å². The fourth-order valence-corrected chi connectivity index (χ4v) is 5.29. The molecule has 208 valence electrons. The van der Waals surface area contributed by atoms with E-state index in [1.807, 2.05) is 37.3 Å². The van der Waals surface area contributed by atoms with Crippen LogP contribution in [0.4, 0.5) is 5.82 Å². The molecular formula is C30H31ClN4O5. The Hall–Kier alpha value is -3.92. The van der Waals surface area contributed by atoms with Crippen LogP contribution < -0.4 is 10.1 Å². The van der Waals surface area contributed by atoms with Gasteiger partial charge in [-0.3, -0.25) is 4.90 Å². The molecule has 40 heavy (non-hydrogen) atoms. The van der Waals surface area contributed by atoms with Gasteiger partial charge < -0.3 is 30.0 Å². The first-order valence-electron chi connectivity index (χ1n) is 13.0. The lowest BCUT2D eigenvalue weighted by molar-refractivity contribution is -0.132. The maximum Gasteiger partial charge on any atom is 0.342 e. The summed E-state index contributed by atoms with van der Waals surface area (Å²) in [6.07, 6.45) is 1.62. The molecule has 2 aliphatic rings. The van der Waals surface area contributed by atoms with Crippen molar-refractivity contribution in [2.24, 2.45) is 0 Å². The number of nitrogens with zero attached hydrogens (tertiary/aromatic N) is 2. The summed E-state index contributed by atoms with van der Waals surface area (Å²) < 4.78 is 16.9. The molecule has 0 saturated carbocycles. The number of methoxy groups -OCH3 is 1. The van der Waals surface area contributed by atoms with Crippen LogP contribution in [0.3, 0.4) is 0 Å². The first-order valence-corrected chi connectivity index (χ1v) is 13.4. The van der Waals surface area contributed by atoms with Gasteiger partial charge >= 0.3 is 5.97 Å². The third-order valence-electron chi connectivity index (χ3n) is 7.25. The normalized spacial score (nSPS) is 15.9. The van der Waals surface area contributed by atoms with Crippen LogP contribution in [0.1, 0.15) is 22.3 Å². The molecule has 10 heteroatoms. The molecule has 9 nitrogen and oxygen atoms in total. The van der Waals surface area contributed by atoms with Gasteiger partial charge in [0.15, 0.2) is 0 Å². The van der Waals surface area contributed by atoms with Crippen molar-refractivity contribution in [3.63, 3.8) is 0 Å². The van der Waals surface area contributed by atoms with Crippen LogP contribution in [-0.2, 0) is 33.8 Å². The molecule has 2 aliphatic heterocycles. The van der Waals surface area contributed by atoms with Gasteiger partial charge in [0.05, 0.1) is 37.1 Å². The van der Waals surface area contributed by atoms with Crippen molar-refractivity contribution in [1.82, 2.24) is 9.88 Å².